The van der Waals surface area contributed by atoms with Gasteiger partial charge < -0.3 is 14.5 Å². The number of aromatic nitrogens is 1. The predicted octanol–water partition coefficient (Wildman–Crippen LogP) is 2.95. The van der Waals surface area contributed by atoms with Crippen LogP contribution in [0, 0.1) is 6.92 Å². The Kier molecular flexibility index (Phi) is 7.90. The maximum atomic E-state index is 12.4. The summed E-state index contributed by atoms with van der Waals surface area (Å²) in [5.41, 5.74) is 1.87. The Morgan fingerprint density at radius 2 is 1.71 bits per heavy atom. The molecule has 0 unspecified atom stereocenters. The molecule has 34 heavy (non-hydrogen) atoms. The topological polar surface area (TPSA) is 109 Å². The van der Waals surface area contributed by atoms with Crippen LogP contribution in [-0.2, 0) is 21.4 Å². The van der Waals surface area contributed by atoms with E-state index in [2.05, 4.69) is 4.98 Å². The van der Waals surface area contributed by atoms with Crippen molar-refractivity contribution in [1.29, 1.82) is 0 Å². The zero-order valence-electron chi connectivity index (χ0n) is 19.3. The molecule has 3 rings (SSSR count). The summed E-state index contributed by atoms with van der Waals surface area (Å²) in [6.07, 6.45) is 0.922. The number of hydrogen-bond donors (Lipinski definition) is 1. The largest absolute Gasteiger partial charge is 0.484 e. The number of likely N-dealkylation sites (N-methyl/N-ethyl adjacent to an activating group) is 1. The molecule has 2 amide bonds. The van der Waals surface area contributed by atoms with Crippen LogP contribution in [0.1, 0.15) is 20.9 Å². The number of ether oxygens (including phenoxy) is 1. The molecule has 0 saturated carbocycles. The fourth-order valence-electron chi connectivity index (χ4n) is 2.96. The Hall–Kier alpha value is -3.44. The monoisotopic (exact) mass is 502 g/mol. The van der Waals surface area contributed by atoms with Gasteiger partial charge in [-0.3, -0.25) is 9.59 Å². The van der Waals surface area contributed by atoms with Gasteiger partial charge in [-0.05, 0) is 36.8 Å². The molecule has 0 bridgehead atoms. The Morgan fingerprint density at radius 1 is 1.06 bits per heavy atom. The maximum Gasteiger partial charge on any atom is 0.284 e. The summed E-state index contributed by atoms with van der Waals surface area (Å²) in [7, 11) is -0.384. The van der Waals surface area contributed by atoms with Crippen molar-refractivity contribution in [3.63, 3.8) is 0 Å². The first-order valence-corrected chi connectivity index (χ1v) is 13.0. The highest BCUT2D eigenvalue weighted by atomic mass is 32.2. The average Bonchev–Trinajstić information content (AvgIpc) is 3.17. The summed E-state index contributed by atoms with van der Waals surface area (Å²) in [4.78, 5) is 32.6. The van der Waals surface area contributed by atoms with Crippen molar-refractivity contribution >= 4 is 44.0 Å². The quantitative estimate of drug-likeness (QED) is 0.479. The van der Waals surface area contributed by atoms with Crippen molar-refractivity contribution in [2.24, 2.45) is 0 Å². The molecule has 2 aromatic carbocycles. The van der Waals surface area contributed by atoms with Gasteiger partial charge in [0.25, 0.3) is 11.8 Å². The number of hydrogen-bond acceptors (Lipinski definition) is 8. The molecule has 11 heteroatoms. The van der Waals surface area contributed by atoms with Gasteiger partial charge in [0.15, 0.2) is 11.7 Å². The minimum absolute atomic E-state index is 0.0608. The average molecular weight is 503 g/mol. The lowest BCUT2D eigenvalue weighted by Crippen LogP contribution is -2.30. The van der Waals surface area contributed by atoms with Gasteiger partial charge in [-0.1, -0.05) is 30.3 Å². The SMILES string of the molecule is Cc1sc(N(Cc2ccccc2)c2ccc(OCC(=O)N(C)C)cc2)nc1C(=O)NS(C)(=O)=O. The second-order valence-corrected chi connectivity index (χ2v) is 10.7. The molecule has 0 aliphatic rings. The van der Waals surface area contributed by atoms with Crippen molar-refractivity contribution < 1.29 is 22.7 Å². The van der Waals surface area contributed by atoms with Crippen LogP contribution in [0.3, 0.4) is 0 Å². The number of carbonyl (C=O) groups excluding carboxylic acids is 2. The van der Waals surface area contributed by atoms with E-state index in [-0.39, 0.29) is 18.2 Å². The number of aryl methyl sites for hydroxylation is 1. The smallest absolute Gasteiger partial charge is 0.284 e. The molecule has 0 fully saturated rings. The molecule has 0 saturated heterocycles. The lowest BCUT2D eigenvalue weighted by molar-refractivity contribution is -0.130. The molecular weight excluding hydrogens is 476 g/mol. The molecule has 0 spiro atoms. The second-order valence-electron chi connectivity index (χ2n) is 7.75. The maximum absolute atomic E-state index is 12.4. The van der Waals surface area contributed by atoms with Gasteiger partial charge in [0.1, 0.15) is 11.4 Å². The van der Waals surface area contributed by atoms with E-state index >= 15 is 0 Å². The summed E-state index contributed by atoms with van der Waals surface area (Å²) in [5, 5.41) is 0.538. The van der Waals surface area contributed by atoms with Crippen LogP contribution in [0.4, 0.5) is 10.8 Å². The minimum Gasteiger partial charge on any atom is -0.484 e. The predicted molar refractivity (Wildman–Crippen MR) is 132 cm³/mol. The lowest BCUT2D eigenvalue weighted by atomic mass is 10.2. The number of benzene rings is 2. The number of nitrogens with zero attached hydrogens (tertiary/aromatic N) is 3. The van der Waals surface area contributed by atoms with Crippen LogP contribution < -0.4 is 14.4 Å². The first-order chi connectivity index (χ1) is 16.0. The Bertz CT molecular complexity index is 1260. The number of nitrogens with one attached hydrogen (secondary N) is 1. The molecule has 0 aliphatic heterocycles. The molecule has 0 aliphatic carbocycles. The van der Waals surface area contributed by atoms with Crippen molar-refractivity contribution in [3.8, 4) is 5.75 Å². The van der Waals surface area contributed by atoms with E-state index in [4.69, 9.17) is 4.74 Å². The number of thiazole rings is 1. The molecule has 1 heterocycles. The highest BCUT2D eigenvalue weighted by Crippen LogP contribution is 2.34. The summed E-state index contributed by atoms with van der Waals surface area (Å²) in [6, 6.07) is 17.0. The number of carbonyl (C=O) groups is 2. The van der Waals surface area contributed by atoms with E-state index in [1.165, 1.54) is 16.2 Å². The summed E-state index contributed by atoms with van der Waals surface area (Å²) >= 11 is 1.29. The van der Waals surface area contributed by atoms with E-state index in [9.17, 15) is 18.0 Å². The van der Waals surface area contributed by atoms with Crippen LogP contribution >= 0.6 is 11.3 Å². The lowest BCUT2D eigenvalue weighted by Gasteiger charge is -2.22. The van der Waals surface area contributed by atoms with E-state index in [1.54, 1.807) is 33.2 Å². The standard InChI is InChI=1S/C23H26N4O5S2/c1-16-21(22(29)25-34(4,30)31)24-23(33-16)27(14-17-8-6-5-7-9-17)18-10-12-19(13-11-18)32-15-20(28)26(2)3/h5-13H,14-15H2,1-4H3,(H,25,29). The normalized spacial score (nSPS) is 11.1. The highest BCUT2D eigenvalue weighted by molar-refractivity contribution is 7.89. The summed E-state index contributed by atoms with van der Waals surface area (Å²) in [6.45, 7) is 2.13. The minimum atomic E-state index is -3.71. The van der Waals surface area contributed by atoms with Crippen LogP contribution in [-0.4, -0.2) is 57.1 Å². The molecular formula is C23H26N4O5S2. The van der Waals surface area contributed by atoms with Crippen LogP contribution in [0.15, 0.2) is 54.6 Å². The fourth-order valence-corrected chi connectivity index (χ4v) is 4.32. The van der Waals surface area contributed by atoms with Crippen molar-refractivity contribution in [2.75, 3.05) is 31.9 Å². The Balaban J connectivity index is 1.90. The van der Waals surface area contributed by atoms with Gasteiger partial charge >= 0.3 is 0 Å². The van der Waals surface area contributed by atoms with E-state index < -0.39 is 15.9 Å². The molecule has 1 N–H and O–H groups in total. The number of amides is 2. The van der Waals surface area contributed by atoms with E-state index in [1.807, 2.05) is 52.1 Å². The van der Waals surface area contributed by atoms with Gasteiger partial charge in [-0.15, -0.1) is 11.3 Å². The third kappa shape index (κ3) is 6.78. The zero-order valence-corrected chi connectivity index (χ0v) is 20.9. The van der Waals surface area contributed by atoms with Crippen molar-refractivity contribution in [1.82, 2.24) is 14.6 Å². The first kappa shape index (κ1) is 25.2. The fraction of sp³-hybridized carbons (Fsp3) is 0.261. The molecule has 0 radical (unpaired) electrons. The summed E-state index contributed by atoms with van der Waals surface area (Å²) < 4.78 is 30.5. The van der Waals surface area contributed by atoms with Crippen molar-refractivity contribution in [2.45, 2.75) is 13.5 Å². The number of anilines is 2. The van der Waals surface area contributed by atoms with Gasteiger partial charge in [0.05, 0.1) is 12.8 Å². The number of sulfonamides is 1. The molecule has 1 aromatic heterocycles. The Morgan fingerprint density at radius 3 is 2.29 bits per heavy atom. The third-order valence-electron chi connectivity index (χ3n) is 4.70. The summed E-state index contributed by atoms with van der Waals surface area (Å²) in [5.74, 6) is -0.369. The second kappa shape index (κ2) is 10.7. The molecule has 3 aromatic rings. The zero-order chi connectivity index (χ0) is 24.9. The number of rotatable bonds is 9. The highest BCUT2D eigenvalue weighted by Gasteiger charge is 2.22. The van der Waals surface area contributed by atoms with Gasteiger partial charge in [-0.2, -0.15) is 0 Å². The van der Waals surface area contributed by atoms with Gasteiger partial charge in [-0.25, -0.2) is 18.1 Å². The first-order valence-electron chi connectivity index (χ1n) is 10.3. The van der Waals surface area contributed by atoms with Gasteiger partial charge in [0, 0.05) is 24.7 Å². The molecule has 9 nitrogen and oxygen atoms in total. The van der Waals surface area contributed by atoms with Crippen LogP contribution in [0.25, 0.3) is 0 Å². The van der Waals surface area contributed by atoms with Crippen molar-refractivity contribution in [3.05, 3.63) is 70.7 Å². The van der Waals surface area contributed by atoms with Crippen LogP contribution in [0.5, 0.6) is 5.75 Å². The van der Waals surface area contributed by atoms with Crippen LogP contribution in [0.2, 0.25) is 0 Å². The van der Waals surface area contributed by atoms with E-state index in [0.717, 1.165) is 17.5 Å². The van der Waals surface area contributed by atoms with Gasteiger partial charge in [0.2, 0.25) is 10.0 Å². The molecule has 0 atom stereocenters. The molecule has 180 valence electrons. The van der Waals surface area contributed by atoms with E-state index in [0.29, 0.717) is 22.3 Å². The third-order valence-corrected chi connectivity index (χ3v) is 6.25. The Labute approximate surface area is 203 Å².